The molecule has 118 valence electrons. The van der Waals surface area contributed by atoms with E-state index in [-0.39, 0.29) is 12.5 Å². The molecule has 0 saturated heterocycles. The first-order valence-corrected chi connectivity index (χ1v) is 7.45. The Morgan fingerprint density at radius 2 is 1.95 bits per heavy atom. The maximum Gasteiger partial charge on any atom is 0.224 e. The molecule has 1 atom stereocenters. The lowest BCUT2D eigenvalue weighted by molar-refractivity contribution is -0.116. The number of amides is 1. The number of anilines is 1. The number of rotatable bonds is 9. The monoisotopic (exact) mass is 294 g/mol. The normalized spacial score (nSPS) is 12.2. The van der Waals surface area contributed by atoms with E-state index < -0.39 is 6.10 Å². The van der Waals surface area contributed by atoms with Crippen molar-refractivity contribution in [2.24, 2.45) is 0 Å². The molecule has 1 aromatic rings. The molecule has 0 radical (unpaired) electrons. The van der Waals surface area contributed by atoms with E-state index in [1.54, 1.807) is 24.3 Å². The van der Waals surface area contributed by atoms with E-state index >= 15 is 0 Å². The molecule has 0 aliphatic rings. The summed E-state index contributed by atoms with van der Waals surface area (Å²) in [6.45, 7) is 6.76. The molecular weight excluding hydrogens is 268 g/mol. The first kappa shape index (κ1) is 17.5. The van der Waals surface area contributed by atoms with Crippen LogP contribution in [0.5, 0.6) is 5.75 Å². The molecule has 0 heterocycles. The van der Waals surface area contributed by atoms with E-state index in [2.05, 4.69) is 10.6 Å². The highest BCUT2D eigenvalue weighted by Gasteiger charge is 2.06. The van der Waals surface area contributed by atoms with Crippen molar-refractivity contribution in [3.05, 3.63) is 24.3 Å². The van der Waals surface area contributed by atoms with Gasteiger partial charge in [-0.15, -0.1) is 0 Å². The topological polar surface area (TPSA) is 70.6 Å². The van der Waals surface area contributed by atoms with Crippen molar-refractivity contribution in [3.8, 4) is 5.75 Å². The Hall–Kier alpha value is -1.59. The summed E-state index contributed by atoms with van der Waals surface area (Å²) >= 11 is 0. The fourth-order valence-electron chi connectivity index (χ4n) is 1.71. The summed E-state index contributed by atoms with van der Waals surface area (Å²) in [4.78, 5) is 11.5. The van der Waals surface area contributed by atoms with E-state index in [0.29, 0.717) is 24.8 Å². The molecular formula is C16H26N2O3. The van der Waals surface area contributed by atoms with Gasteiger partial charge in [0.25, 0.3) is 0 Å². The lowest BCUT2D eigenvalue weighted by atomic mass is 10.2. The second-order valence-electron chi connectivity index (χ2n) is 5.35. The highest BCUT2D eigenvalue weighted by atomic mass is 16.5. The molecule has 1 rings (SSSR count). The minimum atomic E-state index is -0.545. The Bertz CT molecular complexity index is 418. The molecule has 0 spiro atoms. The SMILES string of the molecule is CCCC(=O)Nc1ccc(OC[C@H](O)CNC(C)C)cc1. The van der Waals surface area contributed by atoms with Crippen molar-refractivity contribution in [1.29, 1.82) is 0 Å². The summed E-state index contributed by atoms with van der Waals surface area (Å²) in [5.41, 5.74) is 0.753. The van der Waals surface area contributed by atoms with E-state index in [1.807, 2.05) is 20.8 Å². The number of hydrogen-bond acceptors (Lipinski definition) is 4. The number of carbonyl (C=O) groups is 1. The van der Waals surface area contributed by atoms with Crippen LogP contribution in [0.25, 0.3) is 0 Å². The first-order valence-electron chi connectivity index (χ1n) is 7.45. The van der Waals surface area contributed by atoms with Gasteiger partial charge in [0.05, 0.1) is 0 Å². The number of ether oxygens (including phenoxy) is 1. The zero-order chi connectivity index (χ0) is 15.7. The minimum Gasteiger partial charge on any atom is -0.491 e. The molecule has 0 bridgehead atoms. The van der Waals surface area contributed by atoms with Gasteiger partial charge in [-0.05, 0) is 30.7 Å². The van der Waals surface area contributed by atoms with Crippen LogP contribution in [0.4, 0.5) is 5.69 Å². The van der Waals surface area contributed by atoms with Gasteiger partial charge in [-0.2, -0.15) is 0 Å². The van der Waals surface area contributed by atoms with Crippen molar-refractivity contribution >= 4 is 11.6 Å². The molecule has 0 aliphatic heterocycles. The lowest BCUT2D eigenvalue weighted by Crippen LogP contribution is -2.35. The molecule has 0 saturated carbocycles. The predicted octanol–water partition coefficient (Wildman–Crippen LogP) is 2.16. The highest BCUT2D eigenvalue weighted by molar-refractivity contribution is 5.90. The molecule has 21 heavy (non-hydrogen) atoms. The molecule has 1 amide bonds. The molecule has 3 N–H and O–H groups in total. The third kappa shape index (κ3) is 7.68. The number of benzene rings is 1. The third-order valence-electron chi connectivity index (χ3n) is 2.82. The smallest absolute Gasteiger partial charge is 0.224 e. The number of aliphatic hydroxyl groups is 1. The molecule has 5 nitrogen and oxygen atoms in total. The Morgan fingerprint density at radius 3 is 2.52 bits per heavy atom. The van der Waals surface area contributed by atoms with Crippen LogP contribution in [0.15, 0.2) is 24.3 Å². The average molecular weight is 294 g/mol. The summed E-state index contributed by atoms with van der Waals surface area (Å²) in [5, 5.41) is 15.7. The van der Waals surface area contributed by atoms with E-state index in [9.17, 15) is 9.90 Å². The summed E-state index contributed by atoms with van der Waals surface area (Å²) in [6, 6.07) is 7.49. The zero-order valence-electron chi connectivity index (χ0n) is 13.1. The lowest BCUT2D eigenvalue weighted by Gasteiger charge is -2.15. The second kappa shape index (κ2) is 9.37. The van der Waals surface area contributed by atoms with Gasteiger partial charge >= 0.3 is 0 Å². The van der Waals surface area contributed by atoms with Crippen LogP contribution in [0, 0.1) is 0 Å². The fourth-order valence-corrected chi connectivity index (χ4v) is 1.71. The van der Waals surface area contributed by atoms with Gasteiger partial charge in [-0.1, -0.05) is 20.8 Å². The number of hydrogen-bond donors (Lipinski definition) is 3. The fraction of sp³-hybridized carbons (Fsp3) is 0.562. The van der Waals surface area contributed by atoms with Gasteiger partial charge in [0.1, 0.15) is 18.5 Å². The molecule has 0 aliphatic carbocycles. The molecule has 0 aromatic heterocycles. The Kier molecular flexibility index (Phi) is 7.79. The van der Waals surface area contributed by atoms with Gasteiger partial charge in [-0.3, -0.25) is 4.79 Å². The van der Waals surface area contributed by atoms with Crippen LogP contribution in [-0.4, -0.2) is 36.3 Å². The van der Waals surface area contributed by atoms with Crippen LogP contribution < -0.4 is 15.4 Å². The standard InChI is InChI=1S/C16H26N2O3/c1-4-5-16(20)18-13-6-8-15(9-7-13)21-11-14(19)10-17-12(2)3/h6-9,12,14,17,19H,4-5,10-11H2,1-3H3,(H,18,20)/t14-/m1/s1. The average Bonchev–Trinajstić information content (AvgIpc) is 2.44. The van der Waals surface area contributed by atoms with E-state index in [0.717, 1.165) is 12.1 Å². The van der Waals surface area contributed by atoms with Gasteiger partial charge in [0.2, 0.25) is 5.91 Å². The van der Waals surface area contributed by atoms with Crippen LogP contribution in [0.2, 0.25) is 0 Å². The van der Waals surface area contributed by atoms with E-state index in [1.165, 1.54) is 0 Å². The molecule has 1 aromatic carbocycles. The number of aliphatic hydroxyl groups excluding tert-OH is 1. The van der Waals surface area contributed by atoms with E-state index in [4.69, 9.17) is 4.74 Å². The maximum absolute atomic E-state index is 11.5. The van der Waals surface area contributed by atoms with Crippen LogP contribution >= 0.6 is 0 Å². The summed E-state index contributed by atoms with van der Waals surface area (Å²) in [5.74, 6) is 0.688. The first-order chi connectivity index (χ1) is 10.0. The Morgan fingerprint density at radius 1 is 1.29 bits per heavy atom. The zero-order valence-corrected chi connectivity index (χ0v) is 13.1. The van der Waals surface area contributed by atoms with Crippen LogP contribution in [-0.2, 0) is 4.79 Å². The maximum atomic E-state index is 11.5. The van der Waals surface area contributed by atoms with Crippen molar-refractivity contribution in [2.75, 3.05) is 18.5 Å². The van der Waals surface area contributed by atoms with Crippen LogP contribution in [0.3, 0.4) is 0 Å². The summed E-state index contributed by atoms with van der Waals surface area (Å²) in [6.07, 6.45) is 0.805. The van der Waals surface area contributed by atoms with Gasteiger partial charge in [0.15, 0.2) is 0 Å². The number of carbonyl (C=O) groups excluding carboxylic acids is 1. The summed E-state index contributed by atoms with van der Waals surface area (Å²) in [7, 11) is 0. The van der Waals surface area contributed by atoms with Crippen molar-refractivity contribution in [3.63, 3.8) is 0 Å². The quantitative estimate of drug-likeness (QED) is 0.653. The van der Waals surface area contributed by atoms with Crippen LogP contribution in [0.1, 0.15) is 33.6 Å². The predicted molar refractivity (Wildman–Crippen MR) is 84.6 cm³/mol. The van der Waals surface area contributed by atoms with Gasteiger partial charge in [0, 0.05) is 24.7 Å². The molecule has 5 heteroatoms. The highest BCUT2D eigenvalue weighted by Crippen LogP contribution is 2.16. The van der Waals surface area contributed by atoms with Crippen molar-refractivity contribution < 1.29 is 14.6 Å². The third-order valence-corrected chi connectivity index (χ3v) is 2.82. The second-order valence-corrected chi connectivity index (χ2v) is 5.35. The molecule has 0 fully saturated rings. The summed E-state index contributed by atoms with van der Waals surface area (Å²) < 4.78 is 5.50. The minimum absolute atomic E-state index is 0.0151. The Balaban J connectivity index is 2.35. The van der Waals surface area contributed by atoms with Crippen molar-refractivity contribution in [2.45, 2.75) is 45.8 Å². The van der Waals surface area contributed by atoms with Crippen molar-refractivity contribution in [1.82, 2.24) is 5.32 Å². The number of nitrogens with one attached hydrogen (secondary N) is 2. The largest absolute Gasteiger partial charge is 0.491 e. The molecule has 0 unspecified atom stereocenters. The van der Waals surface area contributed by atoms with Gasteiger partial charge < -0.3 is 20.5 Å². The van der Waals surface area contributed by atoms with Gasteiger partial charge in [-0.25, -0.2) is 0 Å². The Labute approximate surface area is 126 Å².